The van der Waals surface area contributed by atoms with Crippen molar-refractivity contribution in [2.24, 2.45) is 17.6 Å². The third-order valence-corrected chi connectivity index (χ3v) is 3.96. The van der Waals surface area contributed by atoms with Gasteiger partial charge in [-0.05, 0) is 58.7 Å². The first kappa shape index (κ1) is 15.4. The zero-order valence-electron chi connectivity index (χ0n) is 12.1. The molecule has 0 bridgehead atoms. The zero-order valence-corrected chi connectivity index (χ0v) is 12.1. The molecule has 4 nitrogen and oxygen atoms in total. The number of hydrogen-bond acceptors (Lipinski definition) is 3. The van der Waals surface area contributed by atoms with Crippen LogP contribution in [0.2, 0.25) is 0 Å². The van der Waals surface area contributed by atoms with Crippen LogP contribution in [0.1, 0.15) is 39.0 Å². The van der Waals surface area contributed by atoms with Crippen molar-refractivity contribution < 1.29 is 4.79 Å². The molecule has 1 saturated carbocycles. The van der Waals surface area contributed by atoms with Gasteiger partial charge in [-0.3, -0.25) is 4.79 Å². The predicted octanol–water partition coefficient (Wildman–Crippen LogP) is 1.21. The van der Waals surface area contributed by atoms with E-state index >= 15 is 0 Å². The summed E-state index contributed by atoms with van der Waals surface area (Å²) in [7, 11) is 4.15. The minimum atomic E-state index is 0.144. The fourth-order valence-corrected chi connectivity index (χ4v) is 2.50. The Hall–Kier alpha value is -0.610. The molecule has 0 heterocycles. The lowest BCUT2D eigenvalue weighted by Crippen LogP contribution is -2.41. The molecular weight excluding hydrogens is 226 g/mol. The van der Waals surface area contributed by atoms with Crippen molar-refractivity contribution in [2.75, 3.05) is 27.2 Å². The summed E-state index contributed by atoms with van der Waals surface area (Å²) in [4.78, 5) is 14.1. The predicted molar refractivity (Wildman–Crippen MR) is 75.3 cm³/mol. The number of carbonyl (C=O) groups excluding carboxylic acids is 1. The summed E-state index contributed by atoms with van der Waals surface area (Å²) in [5.41, 5.74) is 6.03. The van der Waals surface area contributed by atoms with Gasteiger partial charge in [0, 0.05) is 18.5 Å². The Balaban J connectivity index is 2.13. The first-order chi connectivity index (χ1) is 8.50. The molecule has 1 aliphatic carbocycles. The second-order valence-electron chi connectivity index (χ2n) is 5.95. The van der Waals surface area contributed by atoms with Crippen molar-refractivity contribution in [3.8, 4) is 0 Å². The van der Waals surface area contributed by atoms with E-state index in [1.165, 1.54) is 0 Å². The lowest BCUT2D eigenvalue weighted by molar-refractivity contribution is -0.126. The largest absolute Gasteiger partial charge is 0.356 e. The van der Waals surface area contributed by atoms with Crippen LogP contribution in [0, 0.1) is 11.8 Å². The standard InChI is InChI=1S/C14H29N3O/c1-11-6-7-12(10-13(11)15)14(18)16-8-4-5-9-17(2)3/h11-13H,4-10,15H2,1-3H3,(H,16,18). The Morgan fingerprint density at radius 3 is 2.67 bits per heavy atom. The van der Waals surface area contributed by atoms with E-state index in [0.717, 1.165) is 45.2 Å². The van der Waals surface area contributed by atoms with Gasteiger partial charge in [0.1, 0.15) is 0 Å². The SMILES string of the molecule is CC1CCC(C(=O)NCCCCN(C)C)CC1N. The van der Waals surface area contributed by atoms with Crippen LogP contribution in [0.5, 0.6) is 0 Å². The molecule has 0 radical (unpaired) electrons. The molecule has 4 heteroatoms. The van der Waals surface area contributed by atoms with E-state index in [1.54, 1.807) is 0 Å². The molecule has 0 aliphatic heterocycles. The van der Waals surface area contributed by atoms with Crippen molar-refractivity contribution in [1.29, 1.82) is 0 Å². The maximum atomic E-state index is 12.0. The first-order valence-electron chi connectivity index (χ1n) is 7.18. The van der Waals surface area contributed by atoms with Crippen molar-refractivity contribution in [3.05, 3.63) is 0 Å². The highest BCUT2D eigenvalue weighted by Gasteiger charge is 2.29. The van der Waals surface area contributed by atoms with Gasteiger partial charge in [0.25, 0.3) is 0 Å². The number of nitrogens with one attached hydrogen (secondary N) is 1. The van der Waals surface area contributed by atoms with Crippen molar-refractivity contribution in [2.45, 2.75) is 45.1 Å². The lowest BCUT2D eigenvalue weighted by Gasteiger charge is -2.31. The van der Waals surface area contributed by atoms with Crippen molar-refractivity contribution >= 4 is 5.91 Å². The highest BCUT2D eigenvalue weighted by atomic mass is 16.1. The fourth-order valence-electron chi connectivity index (χ4n) is 2.50. The van der Waals surface area contributed by atoms with Crippen molar-refractivity contribution in [1.82, 2.24) is 10.2 Å². The van der Waals surface area contributed by atoms with Crippen LogP contribution in [-0.2, 0) is 4.79 Å². The van der Waals surface area contributed by atoms with E-state index < -0.39 is 0 Å². The maximum Gasteiger partial charge on any atom is 0.223 e. The Labute approximate surface area is 111 Å². The second kappa shape index (κ2) is 7.74. The molecule has 0 aromatic rings. The van der Waals surface area contributed by atoms with Crippen LogP contribution < -0.4 is 11.1 Å². The molecular formula is C14H29N3O. The summed E-state index contributed by atoms with van der Waals surface area (Å²) < 4.78 is 0. The topological polar surface area (TPSA) is 58.4 Å². The molecule has 0 spiro atoms. The van der Waals surface area contributed by atoms with Crippen LogP contribution in [0.15, 0.2) is 0 Å². The molecule has 106 valence electrons. The Morgan fingerprint density at radius 1 is 1.33 bits per heavy atom. The summed E-state index contributed by atoms with van der Waals surface area (Å²) in [5, 5.41) is 3.05. The van der Waals surface area contributed by atoms with Gasteiger partial charge in [0.05, 0.1) is 0 Å². The fraction of sp³-hybridized carbons (Fsp3) is 0.929. The lowest BCUT2D eigenvalue weighted by atomic mass is 9.79. The third-order valence-electron chi connectivity index (χ3n) is 3.96. The number of unbranched alkanes of at least 4 members (excludes halogenated alkanes) is 1. The summed E-state index contributed by atoms with van der Waals surface area (Å²) in [6.07, 6.45) is 5.12. The van der Waals surface area contributed by atoms with Crippen LogP contribution >= 0.6 is 0 Å². The smallest absolute Gasteiger partial charge is 0.223 e. The van der Waals surface area contributed by atoms with Gasteiger partial charge in [-0.25, -0.2) is 0 Å². The van der Waals surface area contributed by atoms with Gasteiger partial charge >= 0.3 is 0 Å². The minimum Gasteiger partial charge on any atom is -0.356 e. The highest BCUT2D eigenvalue weighted by Crippen LogP contribution is 2.27. The molecule has 0 aromatic carbocycles. The molecule has 0 saturated heterocycles. The molecule has 1 rings (SSSR count). The van der Waals surface area contributed by atoms with E-state index in [0.29, 0.717) is 5.92 Å². The molecule has 1 fully saturated rings. The zero-order chi connectivity index (χ0) is 13.5. The molecule has 1 aliphatic rings. The molecule has 3 atom stereocenters. The molecule has 3 unspecified atom stereocenters. The summed E-state index contributed by atoms with van der Waals surface area (Å²) >= 11 is 0. The normalized spacial score (nSPS) is 28.4. The number of nitrogens with two attached hydrogens (primary N) is 1. The highest BCUT2D eigenvalue weighted by molar-refractivity contribution is 5.78. The summed E-state index contributed by atoms with van der Waals surface area (Å²) in [6.45, 7) is 4.07. The maximum absolute atomic E-state index is 12.0. The molecule has 3 N–H and O–H groups in total. The number of nitrogens with zero attached hydrogens (tertiary/aromatic N) is 1. The average molecular weight is 255 g/mol. The Kier molecular flexibility index (Phi) is 6.65. The molecule has 18 heavy (non-hydrogen) atoms. The van der Waals surface area contributed by atoms with Gasteiger partial charge in [-0.2, -0.15) is 0 Å². The van der Waals surface area contributed by atoms with E-state index in [1.807, 2.05) is 0 Å². The number of carbonyl (C=O) groups is 1. The second-order valence-corrected chi connectivity index (χ2v) is 5.95. The Morgan fingerprint density at radius 2 is 2.06 bits per heavy atom. The Bertz CT molecular complexity index is 255. The summed E-state index contributed by atoms with van der Waals surface area (Å²) in [5.74, 6) is 0.918. The van der Waals surface area contributed by atoms with Crippen molar-refractivity contribution in [3.63, 3.8) is 0 Å². The molecule has 1 amide bonds. The van der Waals surface area contributed by atoms with E-state index in [4.69, 9.17) is 5.73 Å². The van der Waals surface area contributed by atoms with Gasteiger partial charge in [0.2, 0.25) is 5.91 Å². The average Bonchev–Trinajstić information content (AvgIpc) is 2.31. The monoisotopic (exact) mass is 255 g/mol. The van der Waals surface area contributed by atoms with Gasteiger partial charge in [0.15, 0.2) is 0 Å². The van der Waals surface area contributed by atoms with Gasteiger partial charge in [-0.15, -0.1) is 0 Å². The summed E-state index contributed by atoms with van der Waals surface area (Å²) in [6, 6.07) is 0.197. The third kappa shape index (κ3) is 5.36. The first-order valence-corrected chi connectivity index (χ1v) is 7.18. The van der Waals surface area contributed by atoms with E-state index in [9.17, 15) is 4.79 Å². The van der Waals surface area contributed by atoms with Gasteiger partial charge < -0.3 is 16.0 Å². The quantitative estimate of drug-likeness (QED) is 0.701. The van der Waals surface area contributed by atoms with Crippen LogP contribution in [0.4, 0.5) is 0 Å². The van der Waals surface area contributed by atoms with Crippen LogP contribution in [0.25, 0.3) is 0 Å². The number of amides is 1. The van der Waals surface area contributed by atoms with E-state index in [-0.39, 0.29) is 17.9 Å². The van der Waals surface area contributed by atoms with Crippen LogP contribution in [-0.4, -0.2) is 44.0 Å². The number of rotatable bonds is 6. The van der Waals surface area contributed by atoms with Gasteiger partial charge in [-0.1, -0.05) is 6.92 Å². The van der Waals surface area contributed by atoms with E-state index in [2.05, 4.69) is 31.2 Å². The number of hydrogen-bond donors (Lipinski definition) is 2. The molecule has 0 aromatic heterocycles. The van der Waals surface area contributed by atoms with Crippen LogP contribution in [0.3, 0.4) is 0 Å². The minimum absolute atomic E-state index is 0.144.